The molecular formula is C13H16F2N2O3. The highest BCUT2D eigenvalue weighted by atomic mass is 19.1. The lowest BCUT2D eigenvalue weighted by Crippen LogP contribution is -2.37. The van der Waals surface area contributed by atoms with Gasteiger partial charge in [-0.2, -0.15) is 0 Å². The summed E-state index contributed by atoms with van der Waals surface area (Å²) >= 11 is 0. The highest BCUT2D eigenvalue weighted by molar-refractivity contribution is 5.73. The molecule has 0 heterocycles. The zero-order valence-electron chi connectivity index (χ0n) is 10.8. The highest BCUT2D eigenvalue weighted by Crippen LogP contribution is 2.11. The fraction of sp³-hybridized carbons (Fsp3) is 0.385. The van der Waals surface area contributed by atoms with Gasteiger partial charge in [-0.15, -0.1) is 0 Å². The Hall–Kier alpha value is -2.18. The molecule has 0 saturated carbocycles. The molecule has 0 aromatic heterocycles. The molecule has 0 bridgehead atoms. The number of carboxylic acids is 1. The lowest BCUT2D eigenvalue weighted by atomic mass is 10.1. The summed E-state index contributed by atoms with van der Waals surface area (Å²) in [6.07, 6.45) is 0.340. The fourth-order valence-electron chi connectivity index (χ4n) is 1.58. The van der Waals surface area contributed by atoms with Gasteiger partial charge in [0, 0.05) is 25.1 Å². The summed E-state index contributed by atoms with van der Waals surface area (Å²) in [5.41, 5.74) is -0.0707. The fourth-order valence-corrected chi connectivity index (χ4v) is 1.58. The molecule has 3 N–H and O–H groups in total. The van der Waals surface area contributed by atoms with Crippen LogP contribution in [0.3, 0.4) is 0 Å². The quantitative estimate of drug-likeness (QED) is 0.667. The van der Waals surface area contributed by atoms with Crippen molar-refractivity contribution in [3.05, 3.63) is 35.4 Å². The Morgan fingerprint density at radius 3 is 2.30 bits per heavy atom. The van der Waals surface area contributed by atoms with Crippen molar-refractivity contribution in [2.24, 2.45) is 0 Å². The molecule has 0 saturated heterocycles. The van der Waals surface area contributed by atoms with Crippen LogP contribution in [0, 0.1) is 11.6 Å². The molecule has 1 rings (SSSR count). The third kappa shape index (κ3) is 5.64. The Kier molecular flexibility index (Phi) is 6.42. The first-order valence-electron chi connectivity index (χ1n) is 6.17. The van der Waals surface area contributed by atoms with Gasteiger partial charge in [0.25, 0.3) is 0 Å². The van der Waals surface area contributed by atoms with Crippen molar-refractivity contribution < 1.29 is 23.5 Å². The molecule has 2 amide bonds. The molecule has 7 heteroatoms. The van der Waals surface area contributed by atoms with Gasteiger partial charge in [0.2, 0.25) is 0 Å². The number of carbonyl (C=O) groups excluding carboxylic acids is 1. The van der Waals surface area contributed by atoms with Gasteiger partial charge in [0.15, 0.2) is 0 Å². The van der Waals surface area contributed by atoms with Crippen LogP contribution in [-0.4, -0.2) is 30.2 Å². The highest BCUT2D eigenvalue weighted by Gasteiger charge is 2.08. The van der Waals surface area contributed by atoms with Crippen molar-refractivity contribution >= 4 is 12.0 Å². The molecule has 20 heavy (non-hydrogen) atoms. The average molecular weight is 286 g/mol. The monoisotopic (exact) mass is 286 g/mol. The van der Waals surface area contributed by atoms with Gasteiger partial charge in [-0.3, -0.25) is 4.79 Å². The van der Waals surface area contributed by atoms with E-state index in [1.807, 2.05) is 0 Å². The van der Waals surface area contributed by atoms with Gasteiger partial charge < -0.3 is 15.7 Å². The molecular weight excluding hydrogens is 270 g/mol. The number of halogens is 2. The predicted octanol–water partition coefficient (Wildman–Crippen LogP) is 1.67. The number of aliphatic carboxylic acids is 1. The SMILES string of the molecule is O=C(O)CCCNC(=O)NCCc1c(F)cccc1F. The molecule has 0 fully saturated rings. The molecule has 110 valence electrons. The molecule has 0 aliphatic heterocycles. The van der Waals surface area contributed by atoms with Crippen molar-refractivity contribution in [2.75, 3.05) is 13.1 Å². The van der Waals surface area contributed by atoms with Crippen LogP contribution in [-0.2, 0) is 11.2 Å². The van der Waals surface area contributed by atoms with E-state index < -0.39 is 23.6 Å². The largest absolute Gasteiger partial charge is 0.481 e. The number of nitrogens with one attached hydrogen (secondary N) is 2. The number of hydrogen-bond acceptors (Lipinski definition) is 2. The van der Waals surface area contributed by atoms with E-state index in [2.05, 4.69) is 10.6 Å². The number of amides is 2. The summed E-state index contributed by atoms with van der Waals surface area (Å²) in [5, 5.41) is 13.3. The third-order valence-corrected chi connectivity index (χ3v) is 2.58. The number of carbonyl (C=O) groups is 2. The van der Waals surface area contributed by atoms with E-state index in [1.54, 1.807) is 0 Å². The summed E-state index contributed by atoms with van der Waals surface area (Å²) in [7, 11) is 0. The van der Waals surface area contributed by atoms with E-state index in [0.717, 1.165) is 12.1 Å². The van der Waals surface area contributed by atoms with Crippen LogP contribution in [0.5, 0.6) is 0 Å². The van der Waals surface area contributed by atoms with Crippen molar-refractivity contribution in [1.29, 1.82) is 0 Å². The van der Waals surface area contributed by atoms with Crippen LogP contribution in [0.15, 0.2) is 18.2 Å². The van der Waals surface area contributed by atoms with E-state index in [0.29, 0.717) is 6.42 Å². The third-order valence-electron chi connectivity index (χ3n) is 2.58. The van der Waals surface area contributed by atoms with E-state index in [9.17, 15) is 18.4 Å². The van der Waals surface area contributed by atoms with Crippen LogP contribution in [0.2, 0.25) is 0 Å². The van der Waals surface area contributed by atoms with Gasteiger partial charge in [0.05, 0.1) is 0 Å². The molecule has 1 aromatic rings. The summed E-state index contributed by atoms with van der Waals surface area (Å²) in [6.45, 7) is 0.314. The second-order valence-electron chi connectivity index (χ2n) is 4.13. The predicted molar refractivity (Wildman–Crippen MR) is 68.3 cm³/mol. The second kappa shape index (κ2) is 8.08. The summed E-state index contributed by atoms with van der Waals surface area (Å²) in [5.74, 6) is -2.22. The first kappa shape index (κ1) is 15.9. The van der Waals surface area contributed by atoms with Crippen molar-refractivity contribution in [2.45, 2.75) is 19.3 Å². The Morgan fingerprint density at radius 1 is 1.10 bits per heavy atom. The second-order valence-corrected chi connectivity index (χ2v) is 4.13. The Balaban J connectivity index is 2.23. The minimum absolute atomic E-state index is 0.0271. The Bertz CT molecular complexity index is 460. The number of urea groups is 1. The van der Waals surface area contributed by atoms with Crippen LogP contribution in [0.25, 0.3) is 0 Å². The van der Waals surface area contributed by atoms with Gasteiger partial charge in [-0.1, -0.05) is 6.07 Å². The van der Waals surface area contributed by atoms with E-state index >= 15 is 0 Å². The van der Waals surface area contributed by atoms with Crippen molar-refractivity contribution in [3.8, 4) is 0 Å². The van der Waals surface area contributed by atoms with Gasteiger partial charge in [-0.05, 0) is 25.0 Å². The minimum Gasteiger partial charge on any atom is -0.481 e. The number of benzene rings is 1. The zero-order chi connectivity index (χ0) is 15.0. The minimum atomic E-state index is -0.928. The number of hydrogen-bond donors (Lipinski definition) is 3. The van der Waals surface area contributed by atoms with E-state index in [4.69, 9.17) is 5.11 Å². The average Bonchev–Trinajstić information content (AvgIpc) is 2.38. The molecule has 0 aliphatic rings. The van der Waals surface area contributed by atoms with Crippen LogP contribution in [0.1, 0.15) is 18.4 Å². The van der Waals surface area contributed by atoms with Crippen LogP contribution >= 0.6 is 0 Å². The molecule has 0 atom stereocenters. The summed E-state index contributed by atoms with van der Waals surface area (Å²) in [6, 6.07) is 3.10. The van der Waals surface area contributed by atoms with Gasteiger partial charge >= 0.3 is 12.0 Å². The van der Waals surface area contributed by atoms with Crippen molar-refractivity contribution in [1.82, 2.24) is 10.6 Å². The normalized spacial score (nSPS) is 10.1. The molecule has 0 radical (unpaired) electrons. The van der Waals surface area contributed by atoms with Crippen molar-refractivity contribution in [3.63, 3.8) is 0 Å². The zero-order valence-corrected chi connectivity index (χ0v) is 10.8. The van der Waals surface area contributed by atoms with E-state index in [1.165, 1.54) is 6.07 Å². The molecule has 1 aromatic carbocycles. The molecule has 0 unspecified atom stereocenters. The standard InChI is InChI=1S/C13H16F2N2O3/c14-10-3-1-4-11(15)9(10)6-8-17-13(20)16-7-2-5-12(18)19/h1,3-4H,2,5-8H2,(H,18,19)(H2,16,17,20). The van der Waals surface area contributed by atoms with Gasteiger partial charge in [-0.25, -0.2) is 13.6 Å². The smallest absolute Gasteiger partial charge is 0.314 e. The maximum Gasteiger partial charge on any atom is 0.314 e. The maximum atomic E-state index is 13.3. The van der Waals surface area contributed by atoms with E-state index in [-0.39, 0.29) is 31.5 Å². The molecule has 5 nitrogen and oxygen atoms in total. The lowest BCUT2D eigenvalue weighted by Gasteiger charge is -2.08. The lowest BCUT2D eigenvalue weighted by molar-refractivity contribution is -0.137. The number of rotatable bonds is 7. The molecule has 0 aliphatic carbocycles. The maximum absolute atomic E-state index is 13.3. The number of carboxylic acid groups (broad SMARTS) is 1. The van der Waals surface area contributed by atoms with Crippen LogP contribution < -0.4 is 10.6 Å². The summed E-state index contributed by atoms with van der Waals surface area (Å²) in [4.78, 5) is 21.5. The molecule has 0 spiro atoms. The first-order valence-corrected chi connectivity index (χ1v) is 6.17. The van der Waals surface area contributed by atoms with Gasteiger partial charge in [0.1, 0.15) is 11.6 Å². The van der Waals surface area contributed by atoms with Crippen LogP contribution in [0.4, 0.5) is 13.6 Å². The Labute approximate surface area is 115 Å². The topological polar surface area (TPSA) is 78.4 Å². The Morgan fingerprint density at radius 2 is 1.70 bits per heavy atom. The first-order chi connectivity index (χ1) is 9.50. The summed E-state index contributed by atoms with van der Waals surface area (Å²) < 4.78 is 26.6.